The van der Waals surface area contributed by atoms with Crippen molar-refractivity contribution in [2.24, 2.45) is 7.05 Å². The zero-order valence-corrected chi connectivity index (χ0v) is 9.95. The van der Waals surface area contributed by atoms with Crippen molar-refractivity contribution in [1.29, 1.82) is 0 Å². The largest absolute Gasteiger partial charge is 0.273 e. The van der Waals surface area contributed by atoms with Crippen molar-refractivity contribution in [3.05, 3.63) is 24.5 Å². The van der Waals surface area contributed by atoms with E-state index in [-0.39, 0.29) is 5.75 Å². The molecule has 0 aromatic carbocycles. The maximum atomic E-state index is 11.7. The van der Waals surface area contributed by atoms with E-state index in [1.54, 1.807) is 24.9 Å². The Kier molecular flexibility index (Phi) is 3.18. The van der Waals surface area contributed by atoms with Crippen LogP contribution in [0.1, 0.15) is 5.69 Å². The molecule has 0 saturated carbocycles. The molecule has 1 aromatic rings. The van der Waals surface area contributed by atoms with E-state index in [2.05, 4.69) is 11.7 Å². The minimum Gasteiger partial charge on any atom is -0.273 e. The maximum absolute atomic E-state index is 11.7. The van der Waals surface area contributed by atoms with Gasteiger partial charge in [0.2, 0.25) is 10.0 Å². The van der Waals surface area contributed by atoms with Gasteiger partial charge in [0.25, 0.3) is 0 Å². The second-order valence-corrected chi connectivity index (χ2v) is 5.35. The van der Waals surface area contributed by atoms with Crippen LogP contribution in [0.5, 0.6) is 0 Å². The predicted octanol–water partition coefficient (Wildman–Crippen LogP) is 0.681. The maximum Gasteiger partial charge on any atom is 0.238 e. The lowest BCUT2D eigenvalue weighted by atomic mass is 10.4. The molecular formula is C9H15N3O2S. The average Bonchev–Trinajstić information content (AvgIpc) is 2.43. The number of nitrogens with zero attached hydrogens (tertiary/aromatic N) is 3. The molecule has 0 bridgehead atoms. The Balaban J connectivity index is 3.09. The summed E-state index contributed by atoms with van der Waals surface area (Å²) in [6, 6.07) is 0. The van der Waals surface area contributed by atoms with Crippen LogP contribution in [0.2, 0.25) is 0 Å². The van der Waals surface area contributed by atoms with Crippen LogP contribution in [0.3, 0.4) is 0 Å². The van der Waals surface area contributed by atoms with Gasteiger partial charge in [-0.1, -0.05) is 6.08 Å². The highest BCUT2D eigenvalue weighted by Crippen LogP contribution is 2.19. The van der Waals surface area contributed by atoms with Gasteiger partial charge in [-0.15, -0.1) is 6.58 Å². The van der Waals surface area contributed by atoms with Crippen LogP contribution in [-0.4, -0.2) is 31.0 Å². The molecule has 0 unspecified atom stereocenters. The van der Waals surface area contributed by atoms with Gasteiger partial charge < -0.3 is 0 Å². The molecule has 84 valence electrons. The summed E-state index contributed by atoms with van der Waals surface area (Å²) in [6.45, 7) is 5.20. The van der Waals surface area contributed by atoms with Crippen molar-refractivity contribution >= 4 is 15.7 Å². The molecule has 0 aliphatic rings. The van der Waals surface area contributed by atoms with Gasteiger partial charge in [0.15, 0.2) is 0 Å². The van der Waals surface area contributed by atoms with E-state index in [0.29, 0.717) is 11.4 Å². The van der Waals surface area contributed by atoms with E-state index in [1.807, 2.05) is 0 Å². The van der Waals surface area contributed by atoms with Crippen LogP contribution in [0.15, 0.2) is 18.9 Å². The second kappa shape index (κ2) is 4.06. The second-order valence-electron chi connectivity index (χ2n) is 3.31. The third-order valence-electron chi connectivity index (χ3n) is 2.07. The summed E-state index contributed by atoms with van der Waals surface area (Å²) in [5.41, 5.74) is 1.28. The first-order chi connectivity index (χ1) is 6.88. The van der Waals surface area contributed by atoms with Gasteiger partial charge in [0, 0.05) is 20.3 Å². The number of hydrogen-bond donors (Lipinski definition) is 0. The van der Waals surface area contributed by atoms with Crippen molar-refractivity contribution in [2.45, 2.75) is 6.92 Å². The van der Waals surface area contributed by atoms with Crippen LogP contribution in [-0.2, 0) is 17.1 Å². The quantitative estimate of drug-likeness (QED) is 0.713. The zero-order valence-electron chi connectivity index (χ0n) is 9.14. The molecule has 0 aliphatic heterocycles. The number of hydrogen-bond acceptors (Lipinski definition) is 3. The average molecular weight is 229 g/mol. The summed E-state index contributed by atoms with van der Waals surface area (Å²) < 4.78 is 26.2. The Bertz CT molecular complexity index is 462. The normalized spacial score (nSPS) is 11.4. The highest BCUT2D eigenvalue weighted by atomic mass is 32.2. The van der Waals surface area contributed by atoms with Crippen LogP contribution in [0, 0.1) is 6.92 Å². The lowest BCUT2D eigenvalue weighted by Gasteiger charge is -2.16. The fourth-order valence-electron chi connectivity index (χ4n) is 1.31. The van der Waals surface area contributed by atoms with Crippen LogP contribution < -0.4 is 4.31 Å². The first-order valence-electron chi connectivity index (χ1n) is 4.46. The van der Waals surface area contributed by atoms with E-state index >= 15 is 0 Å². The van der Waals surface area contributed by atoms with Crippen molar-refractivity contribution in [3.8, 4) is 0 Å². The molecule has 1 aromatic heterocycles. The molecule has 0 radical (unpaired) electrons. The lowest BCUT2D eigenvalue weighted by Crippen LogP contribution is -2.28. The summed E-state index contributed by atoms with van der Waals surface area (Å²) in [4.78, 5) is 0. The van der Waals surface area contributed by atoms with Crippen molar-refractivity contribution in [1.82, 2.24) is 9.78 Å². The predicted molar refractivity (Wildman–Crippen MR) is 60.3 cm³/mol. The lowest BCUT2D eigenvalue weighted by molar-refractivity contribution is 0.597. The highest BCUT2D eigenvalue weighted by molar-refractivity contribution is 7.92. The summed E-state index contributed by atoms with van der Waals surface area (Å²) in [5.74, 6) is -0.0716. The Morgan fingerprint density at radius 2 is 2.27 bits per heavy atom. The summed E-state index contributed by atoms with van der Waals surface area (Å²) in [6.07, 6.45) is 3.05. The third-order valence-corrected chi connectivity index (χ3v) is 3.76. The van der Waals surface area contributed by atoms with Gasteiger partial charge in [-0.05, 0) is 6.92 Å². The fraction of sp³-hybridized carbons (Fsp3) is 0.444. The molecule has 5 nitrogen and oxygen atoms in total. The molecule has 0 spiro atoms. The van der Waals surface area contributed by atoms with Gasteiger partial charge in [0.05, 0.1) is 17.1 Å². The van der Waals surface area contributed by atoms with Crippen LogP contribution >= 0.6 is 0 Å². The number of rotatable bonds is 4. The molecule has 0 atom stereocenters. The van der Waals surface area contributed by atoms with E-state index in [4.69, 9.17) is 0 Å². The number of aryl methyl sites for hydroxylation is 2. The van der Waals surface area contributed by atoms with E-state index in [1.165, 1.54) is 17.4 Å². The fourth-order valence-corrected chi connectivity index (χ4v) is 2.31. The molecular weight excluding hydrogens is 214 g/mol. The topological polar surface area (TPSA) is 55.2 Å². The monoisotopic (exact) mass is 229 g/mol. The third kappa shape index (κ3) is 2.38. The standard InChI is InChI=1S/C9H15N3O2S/c1-5-6-15(13,14)12(4)9-7-11(3)10-8(9)2/h5,7H,1,6H2,2-4H3. The van der Waals surface area contributed by atoms with Crippen LogP contribution in [0.25, 0.3) is 0 Å². The summed E-state index contributed by atoms with van der Waals surface area (Å²) in [7, 11) is -0.0395. The van der Waals surface area contributed by atoms with Crippen molar-refractivity contribution in [2.75, 3.05) is 17.1 Å². The summed E-state index contributed by atoms with van der Waals surface area (Å²) in [5, 5.41) is 4.09. The molecule has 6 heteroatoms. The van der Waals surface area contributed by atoms with E-state index in [9.17, 15) is 8.42 Å². The first kappa shape index (κ1) is 11.8. The number of sulfonamides is 1. The SMILES string of the molecule is C=CCS(=O)(=O)N(C)c1cn(C)nc1C. The summed E-state index contributed by atoms with van der Waals surface area (Å²) >= 11 is 0. The van der Waals surface area contributed by atoms with Crippen molar-refractivity contribution < 1.29 is 8.42 Å². The van der Waals surface area contributed by atoms with Gasteiger partial charge in [-0.25, -0.2) is 8.42 Å². The molecule has 0 N–H and O–H groups in total. The molecule has 0 saturated heterocycles. The van der Waals surface area contributed by atoms with Gasteiger partial charge in [-0.2, -0.15) is 5.10 Å². The molecule has 15 heavy (non-hydrogen) atoms. The molecule has 0 fully saturated rings. The Morgan fingerprint density at radius 1 is 1.67 bits per heavy atom. The van der Waals surface area contributed by atoms with E-state index < -0.39 is 10.0 Å². The minimum atomic E-state index is -3.31. The molecule has 1 rings (SSSR count). The number of anilines is 1. The molecule has 0 aliphatic carbocycles. The van der Waals surface area contributed by atoms with Crippen molar-refractivity contribution in [3.63, 3.8) is 0 Å². The van der Waals surface area contributed by atoms with Gasteiger partial charge in [-0.3, -0.25) is 8.99 Å². The first-order valence-corrected chi connectivity index (χ1v) is 6.07. The van der Waals surface area contributed by atoms with Gasteiger partial charge in [0.1, 0.15) is 0 Å². The zero-order chi connectivity index (χ0) is 11.6. The molecule has 1 heterocycles. The Labute approximate surface area is 90.1 Å². The Hall–Kier alpha value is -1.30. The van der Waals surface area contributed by atoms with Crippen LogP contribution in [0.4, 0.5) is 5.69 Å². The number of aromatic nitrogens is 2. The van der Waals surface area contributed by atoms with Gasteiger partial charge >= 0.3 is 0 Å². The van der Waals surface area contributed by atoms with E-state index in [0.717, 1.165) is 0 Å². The molecule has 0 amide bonds. The highest BCUT2D eigenvalue weighted by Gasteiger charge is 2.19. The minimum absolute atomic E-state index is 0.0716. The smallest absolute Gasteiger partial charge is 0.238 e. The Morgan fingerprint density at radius 3 is 2.67 bits per heavy atom.